The maximum absolute atomic E-state index is 13.3. The largest absolute Gasteiger partial charge is 0.326 e. The second kappa shape index (κ2) is 6.91. The van der Waals surface area contributed by atoms with E-state index in [4.69, 9.17) is 11.6 Å². The van der Waals surface area contributed by atoms with Crippen LogP contribution in [0.1, 0.15) is 6.42 Å². The van der Waals surface area contributed by atoms with Crippen molar-refractivity contribution in [3.63, 3.8) is 0 Å². The van der Waals surface area contributed by atoms with E-state index in [-0.39, 0.29) is 29.8 Å². The summed E-state index contributed by atoms with van der Waals surface area (Å²) in [7, 11) is 0. The molecule has 1 N–H and O–H groups in total. The molecule has 0 saturated carbocycles. The standard InChI is InChI=1S/C17H13BrClFN2O2/c18-11-2-1-3-12(7-11)21-17(24)10-6-16(23)22(9-10)13-4-5-15(20)14(19)8-13/h1-5,7-8,10H,6,9H2,(H,21,24). The van der Waals surface area contributed by atoms with Crippen LogP contribution in [0, 0.1) is 11.7 Å². The van der Waals surface area contributed by atoms with Crippen molar-refractivity contribution in [1.82, 2.24) is 0 Å². The molecule has 2 amide bonds. The van der Waals surface area contributed by atoms with Crippen LogP contribution in [-0.4, -0.2) is 18.4 Å². The molecule has 0 spiro atoms. The molecule has 0 aromatic heterocycles. The lowest BCUT2D eigenvalue weighted by Crippen LogP contribution is -2.28. The molecular weight excluding hydrogens is 399 g/mol. The van der Waals surface area contributed by atoms with Gasteiger partial charge in [-0.25, -0.2) is 4.39 Å². The molecule has 1 fully saturated rings. The van der Waals surface area contributed by atoms with Crippen molar-refractivity contribution in [2.24, 2.45) is 5.92 Å². The fraction of sp³-hybridized carbons (Fsp3) is 0.176. The van der Waals surface area contributed by atoms with Gasteiger partial charge in [-0.05, 0) is 36.4 Å². The summed E-state index contributed by atoms with van der Waals surface area (Å²) in [6.07, 6.45) is 0.106. The first-order valence-corrected chi connectivity index (χ1v) is 8.43. The lowest BCUT2D eigenvalue weighted by molar-refractivity contribution is -0.122. The summed E-state index contributed by atoms with van der Waals surface area (Å²) < 4.78 is 14.1. The molecule has 1 saturated heterocycles. The maximum Gasteiger partial charge on any atom is 0.229 e. The number of halogens is 3. The number of benzene rings is 2. The smallest absolute Gasteiger partial charge is 0.229 e. The van der Waals surface area contributed by atoms with Crippen LogP contribution in [0.4, 0.5) is 15.8 Å². The van der Waals surface area contributed by atoms with Crippen LogP contribution < -0.4 is 10.2 Å². The Morgan fingerprint density at radius 3 is 2.79 bits per heavy atom. The van der Waals surface area contributed by atoms with E-state index in [9.17, 15) is 14.0 Å². The topological polar surface area (TPSA) is 49.4 Å². The van der Waals surface area contributed by atoms with Gasteiger partial charge in [0.2, 0.25) is 11.8 Å². The molecule has 2 aromatic rings. The molecule has 0 bridgehead atoms. The summed E-state index contributed by atoms with van der Waals surface area (Å²) in [4.78, 5) is 26.0. The highest BCUT2D eigenvalue weighted by atomic mass is 79.9. The van der Waals surface area contributed by atoms with E-state index >= 15 is 0 Å². The Labute approximate surface area is 151 Å². The monoisotopic (exact) mass is 410 g/mol. The highest BCUT2D eigenvalue weighted by molar-refractivity contribution is 9.10. The van der Waals surface area contributed by atoms with Gasteiger partial charge in [-0.2, -0.15) is 0 Å². The molecule has 124 valence electrons. The van der Waals surface area contributed by atoms with E-state index in [2.05, 4.69) is 21.2 Å². The van der Waals surface area contributed by atoms with Crippen LogP contribution in [0.3, 0.4) is 0 Å². The van der Waals surface area contributed by atoms with Crippen LogP contribution in [-0.2, 0) is 9.59 Å². The van der Waals surface area contributed by atoms with Gasteiger partial charge in [0.1, 0.15) is 5.82 Å². The van der Waals surface area contributed by atoms with E-state index in [0.29, 0.717) is 11.4 Å². The summed E-state index contributed by atoms with van der Waals surface area (Å²) in [6.45, 7) is 0.237. The van der Waals surface area contributed by atoms with Gasteiger partial charge in [0.05, 0.1) is 10.9 Å². The highest BCUT2D eigenvalue weighted by Gasteiger charge is 2.35. The Hall–Kier alpha value is -1.92. The summed E-state index contributed by atoms with van der Waals surface area (Å²) in [5.74, 6) is -1.43. The molecule has 24 heavy (non-hydrogen) atoms. The molecule has 0 aliphatic carbocycles. The molecule has 7 heteroatoms. The minimum atomic E-state index is -0.545. The summed E-state index contributed by atoms with van der Waals surface area (Å²) in [5.41, 5.74) is 1.15. The Kier molecular flexibility index (Phi) is 4.87. The number of rotatable bonds is 3. The van der Waals surface area contributed by atoms with Gasteiger partial charge in [0.25, 0.3) is 0 Å². The minimum Gasteiger partial charge on any atom is -0.326 e. The predicted molar refractivity (Wildman–Crippen MR) is 94.6 cm³/mol. The summed E-state index contributed by atoms with van der Waals surface area (Å²) in [5, 5.41) is 2.75. The molecular formula is C17H13BrClFN2O2. The third-order valence-electron chi connectivity index (χ3n) is 3.80. The van der Waals surface area contributed by atoms with Crippen molar-refractivity contribution in [1.29, 1.82) is 0 Å². The van der Waals surface area contributed by atoms with E-state index in [0.717, 1.165) is 4.47 Å². The fourth-order valence-electron chi connectivity index (χ4n) is 2.60. The minimum absolute atomic E-state index is 0.0534. The highest BCUT2D eigenvalue weighted by Crippen LogP contribution is 2.29. The quantitative estimate of drug-likeness (QED) is 0.821. The Bertz CT molecular complexity index is 815. The summed E-state index contributed by atoms with van der Waals surface area (Å²) in [6, 6.07) is 11.3. The molecule has 2 aromatic carbocycles. The van der Waals surface area contributed by atoms with Crippen molar-refractivity contribution < 1.29 is 14.0 Å². The molecule has 1 atom stereocenters. The van der Waals surface area contributed by atoms with Crippen LogP contribution in [0.2, 0.25) is 5.02 Å². The predicted octanol–water partition coefficient (Wildman–Crippen LogP) is 4.23. The van der Waals surface area contributed by atoms with E-state index in [1.165, 1.54) is 23.1 Å². The second-order valence-corrected chi connectivity index (χ2v) is 6.83. The molecule has 0 radical (unpaired) electrons. The number of carbonyl (C=O) groups is 2. The van der Waals surface area contributed by atoms with E-state index < -0.39 is 11.7 Å². The molecule has 4 nitrogen and oxygen atoms in total. The molecule has 1 aliphatic heterocycles. The van der Waals surface area contributed by atoms with Crippen LogP contribution >= 0.6 is 27.5 Å². The first-order chi connectivity index (χ1) is 11.4. The van der Waals surface area contributed by atoms with Crippen molar-refractivity contribution in [2.45, 2.75) is 6.42 Å². The van der Waals surface area contributed by atoms with Crippen molar-refractivity contribution in [3.05, 3.63) is 57.8 Å². The van der Waals surface area contributed by atoms with Crippen molar-refractivity contribution in [2.75, 3.05) is 16.8 Å². The zero-order valence-electron chi connectivity index (χ0n) is 12.4. The number of nitrogens with one attached hydrogen (secondary N) is 1. The lowest BCUT2D eigenvalue weighted by atomic mass is 10.1. The number of amides is 2. The molecule has 3 rings (SSSR count). The molecule has 1 heterocycles. The van der Waals surface area contributed by atoms with Gasteiger partial charge < -0.3 is 10.2 Å². The van der Waals surface area contributed by atoms with Gasteiger partial charge in [-0.15, -0.1) is 0 Å². The number of nitrogens with zero attached hydrogens (tertiary/aromatic N) is 1. The zero-order chi connectivity index (χ0) is 17.3. The third-order valence-corrected chi connectivity index (χ3v) is 4.59. The first kappa shape index (κ1) is 16.9. The van der Waals surface area contributed by atoms with E-state index in [1.54, 1.807) is 12.1 Å². The SMILES string of the molecule is O=C(Nc1cccc(Br)c1)C1CC(=O)N(c2ccc(F)c(Cl)c2)C1. The number of anilines is 2. The van der Waals surface area contributed by atoms with Gasteiger partial charge in [-0.3, -0.25) is 9.59 Å². The maximum atomic E-state index is 13.3. The zero-order valence-corrected chi connectivity index (χ0v) is 14.8. The molecule has 1 aliphatic rings. The Morgan fingerprint density at radius 2 is 2.08 bits per heavy atom. The second-order valence-electron chi connectivity index (χ2n) is 5.50. The van der Waals surface area contributed by atoms with Crippen LogP contribution in [0.5, 0.6) is 0 Å². The van der Waals surface area contributed by atoms with E-state index in [1.807, 2.05) is 12.1 Å². The van der Waals surface area contributed by atoms with Crippen molar-refractivity contribution >= 4 is 50.7 Å². The van der Waals surface area contributed by atoms with Gasteiger partial charge in [0.15, 0.2) is 0 Å². The number of hydrogen-bond acceptors (Lipinski definition) is 2. The number of carbonyl (C=O) groups excluding carboxylic acids is 2. The average molecular weight is 412 g/mol. The number of hydrogen-bond donors (Lipinski definition) is 1. The first-order valence-electron chi connectivity index (χ1n) is 7.26. The summed E-state index contributed by atoms with van der Waals surface area (Å²) >= 11 is 9.11. The van der Waals surface area contributed by atoms with Gasteiger partial charge >= 0.3 is 0 Å². The Balaban J connectivity index is 1.72. The average Bonchev–Trinajstić information content (AvgIpc) is 2.92. The fourth-order valence-corrected chi connectivity index (χ4v) is 3.17. The van der Waals surface area contributed by atoms with Gasteiger partial charge in [0, 0.05) is 28.8 Å². The van der Waals surface area contributed by atoms with Crippen LogP contribution in [0.15, 0.2) is 46.9 Å². The van der Waals surface area contributed by atoms with Crippen LogP contribution in [0.25, 0.3) is 0 Å². The normalized spacial score (nSPS) is 17.2. The molecule has 1 unspecified atom stereocenters. The van der Waals surface area contributed by atoms with Crippen molar-refractivity contribution in [3.8, 4) is 0 Å². The third kappa shape index (κ3) is 3.60. The lowest BCUT2D eigenvalue weighted by Gasteiger charge is -2.17. The van der Waals surface area contributed by atoms with Gasteiger partial charge in [-0.1, -0.05) is 33.6 Å². The Morgan fingerprint density at radius 1 is 1.29 bits per heavy atom.